The molecule has 3 rings (SSSR count). The summed E-state index contributed by atoms with van der Waals surface area (Å²) in [6.45, 7) is 4.43. The second-order valence-electron chi connectivity index (χ2n) is 6.35. The highest BCUT2D eigenvalue weighted by atomic mass is 35.5. The summed E-state index contributed by atoms with van der Waals surface area (Å²) in [6.07, 6.45) is 3.19. The third-order valence-corrected chi connectivity index (χ3v) is 4.68. The lowest BCUT2D eigenvalue weighted by Crippen LogP contribution is -2.36. The van der Waals surface area contributed by atoms with Gasteiger partial charge in [-0.1, -0.05) is 28.9 Å². The van der Waals surface area contributed by atoms with E-state index in [4.69, 9.17) is 16.1 Å². The molecule has 7 heteroatoms. The van der Waals surface area contributed by atoms with Crippen molar-refractivity contribution in [1.82, 2.24) is 20.4 Å². The van der Waals surface area contributed by atoms with E-state index in [1.54, 1.807) is 6.92 Å². The van der Waals surface area contributed by atoms with Crippen LogP contribution in [0.5, 0.6) is 0 Å². The van der Waals surface area contributed by atoms with Crippen LogP contribution in [0.2, 0.25) is 5.02 Å². The SMILES string of the molecule is Cc1noc(CCC(=O)NCC(c2cccc(Cl)c2)N2CCCC2)n1. The van der Waals surface area contributed by atoms with Crippen LogP contribution in [0.3, 0.4) is 0 Å². The maximum absolute atomic E-state index is 12.2. The lowest BCUT2D eigenvalue weighted by Gasteiger charge is -2.28. The van der Waals surface area contributed by atoms with E-state index in [9.17, 15) is 4.79 Å². The number of likely N-dealkylation sites (tertiary alicyclic amines) is 1. The fourth-order valence-electron chi connectivity index (χ4n) is 3.19. The van der Waals surface area contributed by atoms with Gasteiger partial charge in [0, 0.05) is 24.4 Å². The number of carbonyl (C=O) groups excluding carboxylic acids is 1. The zero-order valence-electron chi connectivity index (χ0n) is 14.4. The molecule has 0 radical (unpaired) electrons. The highest BCUT2D eigenvalue weighted by Gasteiger charge is 2.24. The van der Waals surface area contributed by atoms with E-state index >= 15 is 0 Å². The smallest absolute Gasteiger partial charge is 0.227 e. The number of aryl methyl sites for hydroxylation is 2. The molecule has 1 atom stereocenters. The largest absolute Gasteiger partial charge is 0.354 e. The Kier molecular flexibility index (Phi) is 6.04. The molecule has 6 nitrogen and oxygen atoms in total. The Bertz CT molecular complexity index is 713. The van der Waals surface area contributed by atoms with E-state index in [1.807, 2.05) is 18.2 Å². The molecule has 1 aliphatic rings. The lowest BCUT2D eigenvalue weighted by atomic mass is 10.1. The van der Waals surface area contributed by atoms with Gasteiger partial charge in [0.1, 0.15) is 0 Å². The zero-order chi connectivity index (χ0) is 17.6. The van der Waals surface area contributed by atoms with Crippen LogP contribution in [0.1, 0.15) is 42.6 Å². The third kappa shape index (κ3) is 5.03. The minimum Gasteiger partial charge on any atom is -0.354 e. The van der Waals surface area contributed by atoms with E-state index in [-0.39, 0.29) is 11.9 Å². The number of halogens is 1. The van der Waals surface area contributed by atoms with Crippen molar-refractivity contribution in [1.29, 1.82) is 0 Å². The van der Waals surface area contributed by atoms with E-state index in [0.717, 1.165) is 23.7 Å². The molecule has 1 N–H and O–H groups in total. The quantitative estimate of drug-likeness (QED) is 0.820. The van der Waals surface area contributed by atoms with E-state index in [0.29, 0.717) is 31.1 Å². The van der Waals surface area contributed by atoms with Crippen molar-refractivity contribution in [3.8, 4) is 0 Å². The molecule has 0 bridgehead atoms. The summed E-state index contributed by atoms with van der Waals surface area (Å²) in [7, 11) is 0. The average Bonchev–Trinajstić information content (AvgIpc) is 3.25. The monoisotopic (exact) mass is 362 g/mol. The van der Waals surface area contributed by atoms with Gasteiger partial charge in [0.05, 0.1) is 6.04 Å². The topological polar surface area (TPSA) is 71.3 Å². The summed E-state index contributed by atoms with van der Waals surface area (Å²) in [5, 5.41) is 7.50. The number of benzene rings is 1. The van der Waals surface area contributed by atoms with Crippen LogP contribution in [0, 0.1) is 6.92 Å². The first kappa shape index (κ1) is 17.9. The average molecular weight is 363 g/mol. The number of rotatable bonds is 7. The van der Waals surface area contributed by atoms with Gasteiger partial charge in [-0.2, -0.15) is 4.98 Å². The first-order valence-corrected chi connectivity index (χ1v) is 9.05. The van der Waals surface area contributed by atoms with Gasteiger partial charge in [-0.3, -0.25) is 9.69 Å². The van der Waals surface area contributed by atoms with Gasteiger partial charge < -0.3 is 9.84 Å². The van der Waals surface area contributed by atoms with Crippen LogP contribution < -0.4 is 5.32 Å². The maximum Gasteiger partial charge on any atom is 0.227 e. The van der Waals surface area contributed by atoms with Crippen LogP contribution in [0.15, 0.2) is 28.8 Å². The van der Waals surface area contributed by atoms with Gasteiger partial charge >= 0.3 is 0 Å². The Morgan fingerprint density at radius 1 is 1.40 bits per heavy atom. The van der Waals surface area contributed by atoms with Crippen molar-refractivity contribution in [3.05, 3.63) is 46.6 Å². The normalized spacial score (nSPS) is 16.1. The number of nitrogens with one attached hydrogen (secondary N) is 1. The second-order valence-corrected chi connectivity index (χ2v) is 6.79. The molecule has 0 aliphatic carbocycles. The van der Waals surface area contributed by atoms with Crippen LogP contribution >= 0.6 is 11.6 Å². The summed E-state index contributed by atoms with van der Waals surface area (Å²) in [5.41, 5.74) is 1.14. The molecule has 1 aromatic heterocycles. The van der Waals surface area contributed by atoms with Crippen LogP contribution in [0.25, 0.3) is 0 Å². The Balaban J connectivity index is 1.57. The molecule has 1 aromatic carbocycles. The highest BCUT2D eigenvalue weighted by molar-refractivity contribution is 6.30. The van der Waals surface area contributed by atoms with Gasteiger partial charge in [-0.05, 0) is 50.6 Å². The number of hydrogen-bond donors (Lipinski definition) is 1. The van der Waals surface area contributed by atoms with Crippen LogP contribution in [-0.4, -0.2) is 40.6 Å². The van der Waals surface area contributed by atoms with E-state index < -0.39 is 0 Å². The molecule has 2 heterocycles. The molecule has 1 amide bonds. The number of nitrogens with zero attached hydrogens (tertiary/aromatic N) is 3. The summed E-state index contributed by atoms with van der Waals surface area (Å²) in [5.74, 6) is 1.08. The minimum atomic E-state index is -0.0120. The second kappa shape index (κ2) is 8.45. The first-order valence-electron chi connectivity index (χ1n) is 8.67. The lowest BCUT2D eigenvalue weighted by molar-refractivity contribution is -0.121. The molecule has 25 heavy (non-hydrogen) atoms. The molecule has 1 saturated heterocycles. The van der Waals surface area contributed by atoms with Gasteiger partial charge in [-0.25, -0.2) is 0 Å². The van der Waals surface area contributed by atoms with E-state index in [2.05, 4.69) is 26.4 Å². The van der Waals surface area contributed by atoms with E-state index in [1.165, 1.54) is 12.8 Å². The Morgan fingerprint density at radius 2 is 2.20 bits per heavy atom. The molecule has 0 saturated carbocycles. The number of carbonyl (C=O) groups is 1. The molecular formula is C18H23ClN4O2. The van der Waals surface area contributed by atoms with Crippen LogP contribution in [0.4, 0.5) is 0 Å². The molecule has 134 valence electrons. The van der Waals surface area contributed by atoms with Gasteiger partial charge in [0.2, 0.25) is 11.8 Å². The van der Waals surface area contributed by atoms with Gasteiger partial charge in [-0.15, -0.1) is 0 Å². The third-order valence-electron chi connectivity index (χ3n) is 4.44. The minimum absolute atomic E-state index is 0.0120. The van der Waals surface area contributed by atoms with Crippen molar-refractivity contribution in [2.24, 2.45) is 0 Å². The fraction of sp³-hybridized carbons (Fsp3) is 0.500. The molecule has 0 spiro atoms. The Labute approximate surface area is 152 Å². The van der Waals surface area contributed by atoms with Crippen molar-refractivity contribution in [3.63, 3.8) is 0 Å². The first-order chi connectivity index (χ1) is 12.1. The highest BCUT2D eigenvalue weighted by Crippen LogP contribution is 2.26. The zero-order valence-corrected chi connectivity index (χ0v) is 15.1. The maximum atomic E-state index is 12.2. The van der Waals surface area contributed by atoms with Crippen molar-refractivity contribution < 1.29 is 9.32 Å². The molecule has 1 unspecified atom stereocenters. The molecular weight excluding hydrogens is 340 g/mol. The summed E-state index contributed by atoms with van der Waals surface area (Å²) < 4.78 is 5.04. The summed E-state index contributed by atoms with van der Waals surface area (Å²) >= 11 is 6.15. The standard InChI is InChI=1S/C18H23ClN4O2/c1-13-21-18(25-22-13)8-7-17(24)20-12-16(23-9-2-3-10-23)14-5-4-6-15(19)11-14/h4-6,11,16H,2-3,7-10,12H2,1H3,(H,20,24). The van der Waals surface area contributed by atoms with Gasteiger partial charge in [0.15, 0.2) is 5.82 Å². The Morgan fingerprint density at radius 3 is 2.88 bits per heavy atom. The predicted octanol–water partition coefficient (Wildman–Crippen LogP) is 2.92. The van der Waals surface area contributed by atoms with Crippen molar-refractivity contribution in [2.75, 3.05) is 19.6 Å². The fourth-order valence-corrected chi connectivity index (χ4v) is 3.38. The van der Waals surface area contributed by atoms with Crippen molar-refractivity contribution >= 4 is 17.5 Å². The molecule has 1 fully saturated rings. The Hall–Kier alpha value is -1.92. The van der Waals surface area contributed by atoms with Gasteiger partial charge in [0.25, 0.3) is 0 Å². The molecule has 2 aromatic rings. The number of amides is 1. The number of hydrogen-bond acceptors (Lipinski definition) is 5. The number of aromatic nitrogens is 2. The van der Waals surface area contributed by atoms with Crippen molar-refractivity contribution in [2.45, 2.75) is 38.6 Å². The molecule has 1 aliphatic heterocycles. The van der Waals surface area contributed by atoms with Crippen LogP contribution in [-0.2, 0) is 11.2 Å². The summed E-state index contributed by atoms with van der Waals surface area (Å²) in [6, 6.07) is 8.04. The predicted molar refractivity (Wildman–Crippen MR) is 95.4 cm³/mol. The summed E-state index contributed by atoms with van der Waals surface area (Å²) in [4.78, 5) is 18.7.